The summed E-state index contributed by atoms with van der Waals surface area (Å²) in [6, 6.07) is 5.49. The Bertz CT molecular complexity index is 563. The van der Waals surface area contributed by atoms with Gasteiger partial charge in [0.25, 0.3) is 5.91 Å². The number of carbonyl (C=O) groups excluding carboxylic acids is 2. The van der Waals surface area contributed by atoms with Crippen molar-refractivity contribution >= 4 is 11.8 Å². The summed E-state index contributed by atoms with van der Waals surface area (Å²) in [6.45, 7) is 2.51. The Kier molecular flexibility index (Phi) is 4.91. The first-order valence-electron chi connectivity index (χ1n) is 8.17. The summed E-state index contributed by atoms with van der Waals surface area (Å²) in [5.41, 5.74) is 0.478. The lowest BCUT2D eigenvalue weighted by Gasteiger charge is -2.36. The van der Waals surface area contributed by atoms with Crippen molar-refractivity contribution in [1.29, 1.82) is 0 Å². The van der Waals surface area contributed by atoms with Crippen LogP contribution in [0.5, 0.6) is 0 Å². The largest absolute Gasteiger partial charge is 0.384 e. The van der Waals surface area contributed by atoms with Crippen LogP contribution >= 0.6 is 0 Å². The second kappa shape index (κ2) is 7.08. The number of piperidine rings is 1. The van der Waals surface area contributed by atoms with Crippen LogP contribution in [0.1, 0.15) is 29.8 Å². The van der Waals surface area contributed by atoms with Gasteiger partial charge in [0.1, 0.15) is 5.69 Å². The normalized spacial score (nSPS) is 23.7. The van der Waals surface area contributed by atoms with E-state index in [9.17, 15) is 9.59 Å². The van der Waals surface area contributed by atoms with E-state index in [0.29, 0.717) is 37.7 Å². The van der Waals surface area contributed by atoms with Crippen LogP contribution in [0.15, 0.2) is 24.4 Å². The van der Waals surface area contributed by atoms with E-state index >= 15 is 0 Å². The summed E-state index contributed by atoms with van der Waals surface area (Å²) >= 11 is 0. The van der Waals surface area contributed by atoms with Crippen molar-refractivity contribution < 1.29 is 14.3 Å². The molecule has 6 nitrogen and oxygen atoms in total. The zero-order valence-electron chi connectivity index (χ0n) is 13.5. The van der Waals surface area contributed by atoms with Crippen LogP contribution in [-0.2, 0) is 9.53 Å². The van der Waals surface area contributed by atoms with E-state index in [4.69, 9.17) is 4.74 Å². The fraction of sp³-hybridized carbons (Fsp3) is 0.588. The molecule has 3 saturated heterocycles. The van der Waals surface area contributed by atoms with E-state index < -0.39 is 0 Å². The lowest BCUT2D eigenvalue weighted by atomic mass is 9.95. The van der Waals surface area contributed by atoms with Gasteiger partial charge in [-0.1, -0.05) is 6.07 Å². The molecule has 0 aromatic carbocycles. The van der Waals surface area contributed by atoms with Crippen LogP contribution in [0, 0.1) is 5.92 Å². The molecule has 2 bridgehead atoms. The quantitative estimate of drug-likeness (QED) is 0.836. The molecule has 2 atom stereocenters. The topological polar surface area (TPSA) is 62.7 Å². The molecule has 6 heteroatoms. The van der Waals surface area contributed by atoms with Gasteiger partial charge in [0.05, 0.1) is 13.0 Å². The SMILES string of the molecule is COCCC(=O)N1C[C@H]2CC[C@@H]1CN(C(=O)c1ccccn1)C2. The number of hydrogen-bond donors (Lipinski definition) is 0. The molecule has 3 fully saturated rings. The Labute approximate surface area is 136 Å². The zero-order chi connectivity index (χ0) is 16.2. The molecule has 3 aliphatic rings. The molecule has 0 unspecified atom stereocenters. The summed E-state index contributed by atoms with van der Waals surface area (Å²) in [6.07, 6.45) is 4.09. The fourth-order valence-corrected chi connectivity index (χ4v) is 3.54. The predicted molar refractivity (Wildman–Crippen MR) is 84.9 cm³/mol. The number of rotatable bonds is 4. The third-order valence-electron chi connectivity index (χ3n) is 4.73. The summed E-state index contributed by atoms with van der Waals surface area (Å²) in [5.74, 6) is 0.454. The van der Waals surface area contributed by atoms with Gasteiger partial charge in [0.2, 0.25) is 5.91 Å². The molecular formula is C17H23N3O3. The Balaban J connectivity index is 1.71. The van der Waals surface area contributed by atoms with Crippen molar-refractivity contribution in [3.8, 4) is 0 Å². The van der Waals surface area contributed by atoms with Gasteiger partial charge >= 0.3 is 0 Å². The van der Waals surface area contributed by atoms with Gasteiger partial charge in [-0.25, -0.2) is 0 Å². The highest BCUT2D eigenvalue weighted by atomic mass is 16.5. The molecule has 0 aliphatic carbocycles. The van der Waals surface area contributed by atoms with Crippen LogP contribution in [0.3, 0.4) is 0 Å². The molecule has 1 aromatic rings. The zero-order valence-corrected chi connectivity index (χ0v) is 13.5. The van der Waals surface area contributed by atoms with Gasteiger partial charge < -0.3 is 14.5 Å². The van der Waals surface area contributed by atoms with E-state index in [1.807, 2.05) is 15.9 Å². The smallest absolute Gasteiger partial charge is 0.272 e. The minimum Gasteiger partial charge on any atom is -0.384 e. The highest BCUT2D eigenvalue weighted by Crippen LogP contribution is 2.29. The molecular weight excluding hydrogens is 294 g/mol. The predicted octanol–water partition coefficient (Wildman–Crippen LogP) is 1.18. The molecule has 1 aromatic heterocycles. The summed E-state index contributed by atoms with van der Waals surface area (Å²) in [4.78, 5) is 33.0. The Hall–Kier alpha value is -1.95. The molecule has 4 rings (SSSR count). The minimum absolute atomic E-state index is 0.0336. The first kappa shape index (κ1) is 15.9. The summed E-state index contributed by atoms with van der Waals surface area (Å²) < 4.78 is 5.01. The fourth-order valence-electron chi connectivity index (χ4n) is 3.54. The molecule has 2 amide bonds. The van der Waals surface area contributed by atoms with Crippen molar-refractivity contribution in [3.05, 3.63) is 30.1 Å². The molecule has 124 valence electrons. The highest BCUT2D eigenvalue weighted by molar-refractivity contribution is 5.92. The van der Waals surface area contributed by atoms with Crippen LogP contribution in [0.4, 0.5) is 0 Å². The molecule has 3 aliphatic heterocycles. The average Bonchev–Trinajstić information content (AvgIpc) is 2.91. The minimum atomic E-state index is -0.0336. The van der Waals surface area contributed by atoms with Gasteiger partial charge in [-0.05, 0) is 30.9 Å². The van der Waals surface area contributed by atoms with Crippen molar-refractivity contribution in [1.82, 2.24) is 14.8 Å². The number of carbonyl (C=O) groups is 2. The number of nitrogens with zero attached hydrogens (tertiary/aromatic N) is 3. The second-order valence-corrected chi connectivity index (χ2v) is 6.31. The number of methoxy groups -OCH3 is 1. The number of amides is 2. The average molecular weight is 317 g/mol. The van der Waals surface area contributed by atoms with E-state index in [0.717, 1.165) is 19.4 Å². The monoisotopic (exact) mass is 317 g/mol. The Morgan fingerprint density at radius 3 is 2.87 bits per heavy atom. The van der Waals surface area contributed by atoms with Gasteiger partial charge in [-0.3, -0.25) is 14.6 Å². The summed E-state index contributed by atoms with van der Waals surface area (Å²) in [5, 5.41) is 0. The first-order valence-corrected chi connectivity index (χ1v) is 8.17. The number of aromatic nitrogens is 1. The van der Waals surface area contributed by atoms with Crippen molar-refractivity contribution in [2.24, 2.45) is 5.92 Å². The van der Waals surface area contributed by atoms with E-state index in [-0.39, 0.29) is 17.9 Å². The molecule has 0 spiro atoms. The van der Waals surface area contributed by atoms with Gasteiger partial charge in [0, 0.05) is 39.0 Å². The molecule has 4 heterocycles. The number of hydrogen-bond acceptors (Lipinski definition) is 4. The third-order valence-corrected chi connectivity index (χ3v) is 4.73. The second-order valence-electron chi connectivity index (χ2n) is 6.31. The van der Waals surface area contributed by atoms with Crippen LogP contribution in [0.2, 0.25) is 0 Å². The first-order chi connectivity index (χ1) is 11.2. The van der Waals surface area contributed by atoms with Crippen molar-refractivity contribution in [3.63, 3.8) is 0 Å². The van der Waals surface area contributed by atoms with Gasteiger partial charge in [0.15, 0.2) is 0 Å². The molecule has 0 radical (unpaired) electrons. The van der Waals surface area contributed by atoms with E-state index in [1.54, 1.807) is 25.4 Å². The maximum absolute atomic E-state index is 12.7. The molecule has 0 N–H and O–H groups in total. The summed E-state index contributed by atoms with van der Waals surface area (Å²) in [7, 11) is 1.61. The van der Waals surface area contributed by atoms with Crippen molar-refractivity contribution in [2.75, 3.05) is 33.4 Å². The Morgan fingerprint density at radius 2 is 2.13 bits per heavy atom. The molecule has 0 saturated carbocycles. The van der Waals surface area contributed by atoms with E-state index in [1.165, 1.54) is 0 Å². The lowest BCUT2D eigenvalue weighted by molar-refractivity contribution is -0.136. The number of ether oxygens (including phenoxy) is 1. The standard InChI is InChI=1S/C17H23N3O3/c1-23-9-7-16(21)20-11-13-5-6-14(20)12-19(10-13)17(22)15-4-2-3-8-18-15/h2-4,8,13-14H,5-7,9-12H2,1H3/t13-,14+/m0/s1. The molecule has 23 heavy (non-hydrogen) atoms. The maximum atomic E-state index is 12.7. The highest BCUT2D eigenvalue weighted by Gasteiger charge is 2.38. The number of fused-ring (bicyclic) bond motifs is 4. The van der Waals surface area contributed by atoms with Crippen molar-refractivity contribution in [2.45, 2.75) is 25.3 Å². The van der Waals surface area contributed by atoms with E-state index in [2.05, 4.69) is 4.98 Å². The maximum Gasteiger partial charge on any atom is 0.272 e. The van der Waals surface area contributed by atoms with Gasteiger partial charge in [-0.2, -0.15) is 0 Å². The van der Waals surface area contributed by atoms with Crippen LogP contribution in [-0.4, -0.2) is 66.0 Å². The lowest BCUT2D eigenvalue weighted by Crippen LogP contribution is -2.48. The third kappa shape index (κ3) is 3.52. The number of pyridine rings is 1. The van der Waals surface area contributed by atoms with Crippen LogP contribution < -0.4 is 0 Å². The Morgan fingerprint density at radius 1 is 1.26 bits per heavy atom. The van der Waals surface area contributed by atoms with Crippen LogP contribution in [0.25, 0.3) is 0 Å². The van der Waals surface area contributed by atoms with Gasteiger partial charge in [-0.15, -0.1) is 0 Å².